The van der Waals surface area contributed by atoms with Crippen molar-refractivity contribution in [2.24, 2.45) is 0 Å². The van der Waals surface area contributed by atoms with E-state index in [0.29, 0.717) is 6.61 Å². The minimum atomic E-state index is -1.23. The number of aliphatic hydroxyl groups excluding tert-OH is 2. The zero-order valence-corrected chi connectivity index (χ0v) is 8.77. The van der Waals surface area contributed by atoms with Crippen LogP contribution in [-0.2, 0) is 9.53 Å². The molecular formula is C9H20O5. The van der Waals surface area contributed by atoms with Crippen molar-refractivity contribution in [3.05, 3.63) is 0 Å². The number of aliphatic hydroxyl groups is 2. The summed E-state index contributed by atoms with van der Waals surface area (Å²) < 4.78 is 4.97. The standard InChI is InChI=1S/C6H14O2.C3H6O3/c1-2-3-5-8-6-4-7;1-2(4)3(5)6/h7H,2-6H2,1H3;2,4H,1H3,(H,5,6). The topological polar surface area (TPSA) is 87.0 Å². The molecule has 0 spiro atoms. The molecular weight excluding hydrogens is 188 g/mol. The van der Waals surface area contributed by atoms with Crippen LogP contribution in [0.2, 0.25) is 0 Å². The SMILES string of the molecule is CC(O)C(=O)O.CCCCOCCO. The van der Waals surface area contributed by atoms with Crippen molar-refractivity contribution in [1.82, 2.24) is 0 Å². The largest absolute Gasteiger partial charge is 0.479 e. The first-order valence-electron chi connectivity index (χ1n) is 4.65. The Morgan fingerprint density at radius 2 is 1.93 bits per heavy atom. The van der Waals surface area contributed by atoms with E-state index >= 15 is 0 Å². The molecule has 0 aliphatic rings. The van der Waals surface area contributed by atoms with Crippen LogP contribution in [0.15, 0.2) is 0 Å². The molecule has 86 valence electrons. The Morgan fingerprint density at radius 1 is 1.43 bits per heavy atom. The number of hydrogen-bond donors (Lipinski definition) is 3. The molecule has 1 unspecified atom stereocenters. The molecule has 0 radical (unpaired) electrons. The third kappa shape index (κ3) is 17.4. The average Bonchev–Trinajstić information content (AvgIpc) is 2.13. The highest BCUT2D eigenvalue weighted by molar-refractivity contribution is 5.71. The maximum Gasteiger partial charge on any atom is 0.332 e. The monoisotopic (exact) mass is 208 g/mol. The van der Waals surface area contributed by atoms with Gasteiger partial charge in [0.25, 0.3) is 0 Å². The van der Waals surface area contributed by atoms with Crippen molar-refractivity contribution in [2.45, 2.75) is 32.8 Å². The summed E-state index contributed by atoms with van der Waals surface area (Å²) in [5, 5.41) is 24.0. The van der Waals surface area contributed by atoms with Crippen molar-refractivity contribution in [2.75, 3.05) is 19.8 Å². The van der Waals surface area contributed by atoms with Crippen LogP contribution in [0.4, 0.5) is 0 Å². The summed E-state index contributed by atoms with van der Waals surface area (Å²) in [5.74, 6) is -1.19. The molecule has 3 N–H and O–H groups in total. The van der Waals surface area contributed by atoms with Crippen molar-refractivity contribution >= 4 is 5.97 Å². The second-order valence-corrected chi connectivity index (χ2v) is 2.70. The van der Waals surface area contributed by atoms with E-state index in [-0.39, 0.29) is 6.61 Å². The number of rotatable bonds is 6. The fraction of sp³-hybridized carbons (Fsp3) is 0.889. The number of carbonyl (C=O) groups is 1. The van der Waals surface area contributed by atoms with Gasteiger partial charge in [0.1, 0.15) is 6.10 Å². The number of carboxylic acid groups (broad SMARTS) is 1. The molecule has 0 aromatic heterocycles. The smallest absolute Gasteiger partial charge is 0.332 e. The highest BCUT2D eigenvalue weighted by atomic mass is 16.5. The zero-order chi connectivity index (χ0) is 11.4. The van der Waals surface area contributed by atoms with Crippen LogP contribution in [0, 0.1) is 0 Å². The van der Waals surface area contributed by atoms with Gasteiger partial charge in [-0.2, -0.15) is 0 Å². The second kappa shape index (κ2) is 12.3. The Labute approximate surface area is 84.3 Å². The Balaban J connectivity index is 0. The highest BCUT2D eigenvalue weighted by Crippen LogP contribution is 1.85. The van der Waals surface area contributed by atoms with E-state index in [0.717, 1.165) is 19.4 Å². The first-order chi connectivity index (χ1) is 6.56. The molecule has 14 heavy (non-hydrogen) atoms. The summed E-state index contributed by atoms with van der Waals surface area (Å²) in [7, 11) is 0. The Hall–Kier alpha value is -0.650. The van der Waals surface area contributed by atoms with E-state index in [1.54, 1.807) is 0 Å². The molecule has 0 aliphatic carbocycles. The summed E-state index contributed by atoms with van der Waals surface area (Å²) in [6.07, 6.45) is 1.02. The van der Waals surface area contributed by atoms with Gasteiger partial charge in [-0.15, -0.1) is 0 Å². The first kappa shape index (κ1) is 15.8. The van der Waals surface area contributed by atoms with Crippen LogP contribution in [0.1, 0.15) is 26.7 Å². The summed E-state index contributed by atoms with van der Waals surface area (Å²) in [5.41, 5.74) is 0. The van der Waals surface area contributed by atoms with Gasteiger partial charge in [0.2, 0.25) is 0 Å². The third-order valence-electron chi connectivity index (χ3n) is 1.24. The van der Waals surface area contributed by atoms with Crippen LogP contribution >= 0.6 is 0 Å². The fourth-order valence-corrected chi connectivity index (χ4v) is 0.413. The maximum atomic E-state index is 9.45. The minimum Gasteiger partial charge on any atom is -0.479 e. The molecule has 0 aliphatic heterocycles. The number of aliphatic carboxylic acids is 1. The van der Waals surface area contributed by atoms with Gasteiger partial charge in [-0.05, 0) is 13.3 Å². The normalized spacial score (nSPS) is 11.4. The van der Waals surface area contributed by atoms with Gasteiger partial charge < -0.3 is 20.1 Å². The molecule has 0 saturated carbocycles. The van der Waals surface area contributed by atoms with Crippen LogP contribution in [-0.4, -0.2) is 47.2 Å². The maximum absolute atomic E-state index is 9.45. The van der Waals surface area contributed by atoms with E-state index in [9.17, 15) is 4.79 Å². The van der Waals surface area contributed by atoms with Crippen molar-refractivity contribution in [1.29, 1.82) is 0 Å². The number of carboxylic acids is 1. The third-order valence-corrected chi connectivity index (χ3v) is 1.24. The quantitative estimate of drug-likeness (QED) is 0.544. The predicted molar refractivity (Wildman–Crippen MR) is 52.1 cm³/mol. The summed E-state index contributed by atoms with van der Waals surface area (Å²) >= 11 is 0. The van der Waals surface area contributed by atoms with Crippen molar-refractivity contribution in [3.63, 3.8) is 0 Å². The lowest BCUT2D eigenvalue weighted by Crippen LogP contribution is -2.13. The molecule has 1 atom stereocenters. The van der Waals surface area contributed by atoms with Gasteiger partial charge in [-0.1, -0.05) is 13.3 Å². The summed E-state index contributed by atoms with van der Waals surface area (Å²) in [4.78, 5) is 9.45. The second-order valence-electron chi connectivity index (χ2n) is 2.70. The van der Waals surface area contributed by atoms with Crippen LogP contribution in [0.25, 0.3) is 0 Å². The van der Waals surface area contributed by atoms with Gasteiger partial charge in [-0.3, -0.25) is 0 Å². The molecule has 0 saturated heterocycles. The zero-order valence-electron chi connectivity index (χ0n) is 8.77. The van der Waals surface area contributed by atoms with Gasteiger partial charge in [-0.25, -0.2) is 4.79 Å². The highest BCUT2D eigenvalue weighted by Gasteiger charge is 2.01. The van der Waals surface area contributed by atoms with Gasteiger partial charge >= 0.3 is 5.97 Å². The van der Waals surface area contributed by atoms with Crippen LogP contribution in [0.3, 0.4) is 0 Å². The Morgan fingerprint density at radius 3 is 2.21 bits per heavy atom. The predicted octanol–water partition coefficient (Wildman–Crippen LogP) is 0.247. The molecule has 0 bridgehead atoms. The molecule has 0 rings (SSSR count). The fourth-order valence-electron chi connectivity index (χ4n) is 0.413. The van der Waals surface area contributed by atoms with Crippen LogP contribution in [0.5, 0.6) is 0 Å². The molecule has 0 amide bonds. The molecule has 0 aromatic rings. The minimum absolute atomic E-state index is 0.143. The lowest BCUT2D eigenvalue weighted by molar-refractivity contribution is -0.145. The van der Waals surface area contributed by atoms with E-state index in [4.69, 9.17) is 20.1 Å². The average molecular weight is 208 g/mol. The molecule has 0 heterocycles. The number of hydrogen-bond acceptors (Lipinski definition) is 4. The van der Waals surface area contributed by atoms with E-state index in [1.807, 2.05) is 0 Å². The Kier molecular flexibility index (Phi) is 13.9. The lowest BCUT2D eigenvalue weighted by atomic mass is 10.4. The van der Waals surface area contributed by atoms with Crippen molar-refractivity contribution in [3.8, 4) is 0 Å². The molecule has 0 fully saturated rings. The Bertz CT molecular complexity index is 118. The van der Waals surface area contributed by atoms with E-state index in [2.05, 4.69) is 6.92 Å². The summed E-state index contributed by atoms with van der Waals surface area (Å²) in [6.45, 7) is 4.73. The summed E-state index contributed by atoms with van der Waals surface area (Å²) in [6, 6.07) is 0. The molecule has 0 aromatic carbocycles. The van der Waals surface area contributed by atoms with Gasteiger partial charge in [0.15, 0.2) is 0 Å². The van der Waals surface area contributed by atoms with Gasteiger partial charge in [0, 0.05) is 6.61 Å². The molecule has 5 nitrogen and oxygen atoms in total. The van der Waals surface area contributed by atoms with Crippen molar-refractivity contribution < 1.29 is 24.9 Å². The van der Waals surface area contributed by atoms with E-state index < -0.39 is 12.1 Å². The number of ether oxygens (including phenoxy) is 1. The van der Waals surface area contributed by atoms with E-state index in [1.165, 1.54) is 6.92 Å². The van der Waals surface area contributed by atoms with Gasteiger partial charge in [0.05, 0.1) is 13.2 Å². The molecule has 5 heteroatoms. The van der Waals surface area contributed by atoms with Crippen LogP contribution < -0.4 is 0 Å². The first-order valence-corrected chi connectivity index (χ1v) is 4.65. The lowest BCUT2D eigenvalue weighted by Gasteiger charge is -1.97. The number of unbranched alkanes of at least 4 members (excludes halogenated alkanes) is 1.